The molecule has 2 rings (SSSR count). The van der Waals surface area contributed by atoms with Gasteiger partial charge in [0.2, 0.25) is 5.91 Å². The van der Waals surface area contributed by atoms with Crippen molar-refractivity contribution in [1.82, 2.24) is 19.8 Å². The summed E-state index contributed by atoms with van der Waals surface area (Å²) in [5.74, 6) is 0.210. The molecule has 1 N–H and O–H groups in total. The lowest BCUT2D eigenvalue weighted by atomic mass is 10.2. The summed E-state index contributed by atoms with van der Waals surface area (Å²) < 4.78 is 1.89. The molecule has 0 saturated carbocycles. The molecule has 1 fully saturated rings. The second kappa shape index (κ2) is 5.12. The van der Waals surface area contributed by atoms with Crippen LogP contribution in [0.1, 0.15) is 19.4 Å². The lowest BCUT2D eigenvalue weighted by molar-refractivity contribution is -0.135. The highest BCUT2D eigenvalue weighted by Gasteiger charge is 2.24. The Morgan fingerprint density at radius 3 is 2.81 bits per heavy atom. The van der Waals surface area contributed by atoms with Gasteiger partial charge in [-0.3, -0.25) is 4.79 Å². The number of carbonyl (C=O) groups is 1. The van der Waals surface area contributed by atoms with Crippen LogP contribution in [0, 0.1) is 0 Å². The van der Waals surface area contributed by atoms with Crippen LogP contribution in [0.15, 0.2) is 18.7 Å². The van der Waals surface area contributed by atoms with Crippen molar-refractivity contribution in [1.29, 1.82) is 0 Å². The fraction of sp³-hybridized carbons (Fsp3) is 0.636. The van der Waals surface area contributed by atoms with Crippen LogP contribution in [0.2, 0.25) is 0 Å². The van der Waals surface area contributed by atoms with E-state index in [9.17, 15) is 4.79 Å². The van der Waals surface area contributed by atoms with Crippen LogP contribution < -0.4 is 5.32 Å². The first-order valence-electron chi connectivity index (χ1n) is 5.80. The summed E-state index contributed by atoms with van der Waals surface area (Å²) in [6.45, 7) is 5.44. The van der Waals surface area contributed by atoms with E-state index in [1.807, 2.05) is 22.6 Å². The van der Waals surface area contributed by atoms with Gasteiger partial charge in [0.05, 0.1) is 6.33 Å². The summed E-state index contributed by atoms with van der Waals surface area (Å²) in [7, 11) is 0. The molecule has 16 heavy (non-hydrogen) atoms. The second-order valence-corrected chi connectivity index (χ2v) is 4.01. The van der Waals surface area contributed by atoms with Crippen molar-refractivity contribution in [2.24, 2.45) is 0 Å². The molecule has 1 unspecified atom stereocenters. The van der Waals surface area contributed by atoms with Crippen molar-refractivity contribution >= 4 is 5.91 Å². The van der Waals surface area contributed by atoms with Crippen molar-refractivity contribution in [2.45, 2.75) is 19.4 Å². The topological polar surface area (TPSA) is 50.2 Å². The molecular weight excluding hydrogens is 204 g/mol. The molecule has 2 heterocycles. The van der Waals surface area contributed by atoms with Gasteiger partial charge in [-0.1, -0.05) is 6.92 Å². The van der Waals surface area contributed by atoms with Gasteiger partial charge in [-0.2, -0.15) is 0 Å². The molecule has 0 radical (unpaired) electrons. The molecule has 5 nitrogen and oxygen atoms in total. The zero-order valence-electron chi connectivity index (χ0n) is 9.59. The zero-order valence-corrected chi connectivity index (χ0v) is 9.59. The SMILES string of the molecule is CCC(C(=O)N1CCNCC1)n1ccnc1. The molecule has 1 aliphatic rings. The first-order valence-corrected chi connectivity index (χ1v) is 5.80. The van der Waals surface area contributed by atoms with Crippen molar-refractivity contribution in [3.8, 4) is 0 Å². The lowest BCUT2D eigenvalue weighted by Gasteiger charge is -2.30. The van der Waals surface area contributed by atoms with Crippen LogP contribution in [-0.4, -0.2) is 46.5 Å². The molecule has 0 spiro atoms. The summed E-state index contributed by atoms with van der Waals surface area (Å²) >= 11 is 0. The number of amides is 1. The van der Waals surface area contributed by atoms with Crippen LogP contribution in [0.5, 0.6) is 0 Å². The molecule has 1 aromatic heterocycles. The Bertz CT molecular complexity index is 330. The molecule has 0 bridgehead atoms. The van der Waals surface area contributed by atoms with Crippen LogP contribution in [0.3, 0.4) is 0 Å². The van der Waals surface area contributed by atoms with Gasteiger partial charge >= 0.3 is 0 Å². The summed E-state index contributed by atoms with van der Waals surface area (Å²) in [6.07, 6.45) is 6.09. The predicted molar refractivity (Wildman–Crippen MR) is 61.0 cm³/mol. The third-order valence-electron chi connectivity index (χ3n) is 2.99. The number of imidazole rings is 1. The summed E-state index contributed by atoms with van der Waals surface area (Å²) in [4.78, 5) is 18.2. The first kappa shape index (κ1) is 11.1. The number of nitrogens with one attached hydrogen (secondary N) is 1. The lowest BCUT2D eigenvalue weighted by Crippen LogP contribution is -2.48. The first-order chi connectivity index (χ1) is 7.83. The molecule has 5 heteroatoms. The summed E-state index contributed by atoms with van der Waals surface area (Å²) in [5.41, 5.74) is 0. The van der Waals surface area contributed by atoms with Crippen molar-refractivity contribution in [2.75, 3.05) is 26.2 Å². The quantitative estimate of drug-likeness (QED) is 0.798. The maximum Gasteiger partial charge on any atom is 0.245 e. The molecule has 0 aromatic carbocycles. The van der Waals surface area contributed by atoms with Gasteiger partial charge in [0.1, 0.15) is 6.04 Å². The van der Waals surface area contributed by atoms with Crippen molar-refractivity contribution < 1.29 is 4.79 Å². The molecular formula is C11H18N4O. The number of aromatic nitrogens is 2. The maximum absolute atomic E-state index is 12.3. The molecule has 1 atom stereocenters. The number of nitrogens with zero attached hydrogens (tertiary/aromatic N) is 3. The van der Waals surface area contributed by atoms with E-state index in [-0.39, 0.29) is 11.9 Å². The van der Waals surface area contributed by atoms with Crippen LogP contribution >= 0.6 is 0 Å². The third kappa shape index (κ3) is 2.24. The minimum atomic E-state index is -0.0967. The van der Waals surface area contributed by atoms with E-state index in [1.165, 1.54) is 0 Å². The highest BCUT2D eigenvalue weighted by molar-refractivity contribution is 5.80. The van der Waals surface area contributed by atoms with Crippen LogP contribution in [-0.2, 0) is 4.79 Å². The van der Waals surface area contributed by atoms with Gasteiger partial charge in [-0.05, 0) is 6.42 Å². The average Bonchev–Trinajstić information content (AvgIpc) is 2.85. The van der Waals surface area contributed by atoms with Crippen LogP contribution in [0.25, 0.3) is 0 Å². The van der Waals surface area contributed by atoms with E-state index in [1.54, 1.807) is 12.5 Å². The van der Waals surface area contributed by atoms with E-state index < -0.39 is 0 Å². The van der Waals surface area contributed by atoms with Gasteiger partial charge < -0.3 is 14.8 Å². The molecule has 1 saturated heterocycles. The fourth-order valence-electron chi connectivity index (χ4n) is 2.06. The smallest absolute Gasteiger partial charge is 0.245 e. The Labute approximate surface area is 95.5 Å². The van der Waals surface area contributed by atoms with E-state index >= 15 is 0 Å². The Morgan fingerprint density at radius 2 is 2.25 bits per heavy atom. The Balaban J connectivity index is 2.06. The zero-order chi connectivity index (χ0) is 11.4. The van der Waals surface area contributed by atoms with Gasteiger partial charge in [0.25, 0.3) is 0 Å². The normalized spacial score (nSPS) is 18.4. The number of hydrogen-bond acceptors (Lipinski definition) is 3. The second-order valence-electron chi connectivity index (χ2n) is 4.01. The van der Waals surface area contributed by atoms with E-state index in [0.717, 1.165) is 32.6 Å². The molecule has 88 valence electrons. The summed E-state index contributed by atoms with van der Waals surface area (Å²) in [6, 6.07) is -0.0967. The van der Waals surface area contributed by atoms with Crippen molar-refractivity contribution in [3.63, 3.8) is 0 Å². The molecule has 1 aromatic rings. The molecule has 1 aliphatic heterocycles. The van der Waals surface area contributed by atoms with Crippen LogP contribution in [0.4, 0.5) is 0 Å². The number of rotatable bonds is 3. The number of carbonyl (C=O) groups excluding carboxylic acids is 1. The largest absolute Gasteiger partial charge is 0.338 e. The minimum absolute atomic E-state index is 0.0967. The number of hydrogen-bond donors (Lipinski definition) is 1. The van der Waals surface area contributed by atoms with E-state index in [4.69, 9.17) is 0 Å². The average molecular weight is 222 g/mol. The minimum Gasteiger partial charge on any atom is -0.338 e. The Hall–Kier alpha value is -1.36. The maximum atomic E-state index is 12.3. The monoisotopic (exact) mass is 222 g/mol. The molecule has 0 aliphatic carbocycles. The highest BCUT2D eigenvalue weighted by Crippen LogP contribution is 2.14. The fourth-order valence-corrected chi connectivity index (χ4v) is 2.06. The van der Waals surface area contributed by atoms with Crippen molar-refractivity contribution in [3.05, 3.63) is 18.7 Å². The van der Waals surface area contributed by atoms with E-state index in [0.29, 0.717) is 0 Å². The van der Waals surface area contributed by atoms with Gasteiger partial charge in [-0.25, -0.2) is 4.98 Å². The molecule has 1 amide bonds. The number of piperazine rings is 1. The Kier molecular flexibility index (Phi) is 3.56. The van der Waals surface area contributed by atoms with E-state index in [2.05, 4.69) is 10.3 Å². The predicted octanol–water partition coefficient (Wildman–Crippen LogP) is 0.266. The van der Waals surface area contributed by atoms with Gasteiger partial charge in [0.15, 0.2) is 0 Å². The summed E-state index contributed by atoms with van der Waals surface area (Å²) in [5, 5.41) is 3.25. The van der Waals surface area contributed by atoms with Gasteiger partial charge in [0, 0.05) is 38.6 Å². The van der Waals surface area contributed by atoms with Gasteiger partial charge in [-0.15, -0.1) is 0 Å². The highest BCUT2D eigenvalue weighted by atomic mass is 16.2. The Morgan fingerprint density at radius 1 is 1.50 bits per heavy atom. The third-order valence-corrected chi connectivity index (χ3v) is 2.99. The standard InChI is InChI=1S/C11H18N4O/c1-2-10(15-8-5-13-9-15)11(16)14-6-3-12-4-7-14/h5,8-10,12H,2-4,6-7H2,1H3.